The summed E-state index contributed by atoms with van der Waals surface area (Å²) in [7, 11) is 1.27. The van der Waals surface area contributed by atoms with Gasteiger partial charge in [0.2, 0.25) is 0 Å². The molecule has 6 nitrogen and oxygen atoms in total. The van der Waals surface area contributed by atoms with Gasteiger partial charge in [0.05, 0.1) is 19.1 Å². The highest BCUT2D eigenvalue weighted by Gasteiger charge is 2.10. The molecule has 1 amide bonds. The van der Waals surface area contributed by atoms with E-state index in [4.69, 9.17) is 4.74 Å². The zero-order chi connectivity index (χ0) is 19.6. The van der Waals surface area contributed by atoms with Gasteiger partial charge < -0.3 is 14.8 Å². The van der Waals surface area contributed by atoms with Crippen LogP contribution in [0.5, 0.6) is 0 Å². The van der Waals surface area contributed by atoms with E-state index in [1.165, 1.54) is 37.1 Å². The number of hydrogen-bond acceptors (Lipinski definition) is 6. The van der Waals surface area contributed by atoms with Gasteiger partial charge in [-0.05, 0) is 42.5 Å². The Balaban J connectivity index is 1.71. The highest BCUT2D eigenvalue weighted by Crippen LogP contribution is 2.19. The average Bonchev–Trinajstić information content (AvgIpc) is 2.67. The number of nitrogens with one attached hydrogen (secondary N) is 1. The fourth-order valence-electron chi connectivity index (χ4n) is 2.04. The summed E-state index contributed by atoms with van der Waals surface area (Å²) in [6.07, 6.45) is 0.118. The van der Waals surface area contributed by atoms with E-state index in [1.54, 1.807) is 30.3 Å². The predicted octanol–water partition coefficient (Wildman–Crippen LogP) is 3.28. The minimum absolute atomic E-state index is 0.118. The van der Waals surface area contributed by atoms with E-state index in [-0.39, 0.29) is 12.2 Å². The zero-order valence-electron chi connectivity index (χ0n) is 14.6. The number of amides is 1. The molecule has 27 heavy (non-hydrogen) atoms. The van der Waals surface area contributed by atoms with E-state index in [1.807, 2.05) is 0 Å². The van der Waals surface area contributed by atoms with Crippen LogP contribution in [0.2, 0.25) is 0 Å². The minimum Gasteiger partial charge on any atom is -0.465 e. The molecule has 0 heterocycles. The van der Waals surface area contributed by atoms with Crippen molar-refractivity contribution < 1.29 is 28.2 Å². The number of carbonyl (C=O) groups excluding carboxylic acids is 3. The minimum atomic E-state index is -0.517. The molecule has 0 fully saturated rings. The number of benzene rings is 2. The van der Waals surface area contributed by atoms with Crippen LogP contribution in [0.4, 0.5) is 10.1 Å². The lowest BCUT2D eigenvalue weighted by molar-refractivity contribution is -0.146. The Morgan fingerprint density at radius 2 is 1.85 bits per heavy atom. The fourth-order valence-corrected chi connectivity index (χ4v) is 2.87. The second-order valence-electron chi connectivity index (χ2n) is 5.33. The number of rotatable bonds is 8. The highest BCUT2D eigenvalue weighted by molar-refractivity contribution is 7.99. The van der Waals surface area contributed by atoms with Gasteiger partial charge in [-0.2, -0.15) is 0 Å². The van der Waals surface area contributed by atoms with E-state index in [0.717, 1.165) is 4.90 Å². The van der Waals surface area contributed by atoms with Crippen LogP contribution >= 0.6 is 11.8 Å². The molecule has 8 heteroatoms. The Morgan fingerprint density at radius 1 is 1.11 bits per heavy atom. The van der Waals surface area contributed by atoms with Crippen molar-refractivity contribution in [3.63, 3.8) is 0 Å². The van der Waals surface area contributed by atoms with Crippen LogP contribution in [0.1, 0.15) is 16.8 Å². The summed E-state index contributed by atoms with van der Waals surface area (Å²) in [5, 5.41) is 2.54. The first-order chi connectivity index (χ1) is 13.0. The maximum absolute atomic E-state index is 12.8. The summed E-state index contributed by atoms with van der Waals surface area (Å²) < 4.78 is 22.3. The second kappa shape index (κ2) is 10.3. The molecule has 1 N–H and O–H groups in total. The SMILES string of the molecule is COC(=O)c1cccc(NC(=O)COC(=O)CCSc2ccc(F)cc2)c1. The van der Waals surface area contributed by atoms with Crippen LogP contribution in [0.15, 0.2) is 53.4 Å². The third-order valence-electron chi connectivity index (χ3n) is 3.32. The van der Waals surface area contributed by atoms with Crippen molar-refractivity contribution in [1.82, 2.24) is 0 Å². The first kappa shape index (κ1) is 20.4. The van der Waals surface area contributed by atoms with Gasteiger partial charge in [0.1, 0.15) is 5.82 Å². The summed E-state index contributed by atoms with van der Waals surface area (Å²) in [4.78, 5) is 35.8. The number of anilines is 1. The first-order valence-corrected chi connectivity index (χ1v) is 8.98. The Kier molecular flexibility index (Phi) is 7.81. The normalized spacial score (nSPS) is 10.1. The standard InChI is InChI=1S/C19H18FNO5S/c1-25-19(24)13-3-2-4-15(11-13)21-17(22)12-26-18(23)9-10-27-16-7-5-14(20)6-8-16/h2-8,11H,9-10,12H2,1H3,(H,21,22). The summed E-state index contributed by atoms with van der Waals surface area (Å²) in [5.41, 5.74) is 0.691. The summed E-state index contributed by atoms with van der Waals surface area (Å²) in [6, 6.07) is 12.2. The van der Waals surface area contributed by atoms with Crippen LogP contribution in [-0.4, -0.2) is 37.3 Å². The molecule has 0 atom stereocenters. The van der Waals surface area contributed by atoms with E-state index in [0.29, 0.717) is 17.0 Å². The Morgan fingerprint density at radius 3 is 2.56 bits per heavy atom. The Hall–Kier alpha value is -2.87. The largest absolute Gasteiger partial charge is 0.465 e. The van der Waals surface area contributed by atoms with E-state index < -0.39 is 24.5 Å². The molecule has 0 spiro atoms. The second-order valence-corrected chi connectivity index (χ2v) is 6.50. The molecule has 0 aliphatic carbocycles. The van der Waals surface area contributed by atoms with Crippen molar-refractivity contribution in [3.8, 4) is 0 Å². The predicted molar refractivity (Wildman–Crippen MR) is 99.1 cm³/mol. The number of methoxy groups -OCH3 is 1. The molecule has 0 radical (unpaired) electrons. The van der Waals surface area contributed by atoms with Crippen LogP contribution in [0.3, 0.4) is 0 Å². The topological polar surface area (TPSA) is 81.7 Å². The molecule has 0 aromatic heterocycles. The average molecular weight is 391 g/mol. The number of esters is 2. The molecule has 0 aliphatic heterocycles. The van der Waals surface area contributed by atoms with Crippen LogP contribution in [0.25, 0.3) is 0 Å². The Labute approximate surface area is 160 Å². The molecule has 142 valence electrons. The van der Waals surface area contributed by atoms with Gasteiger partial charge in [0, 0.05) is 16.3 Å². The quantitative estimate of drug-likeness (QED) is 0.549. The van der Waals surface area contributed by atoms with Crippen molar-refractivity contribution in [2.45, 2.75) is 11.3 Å². The lowest BCUT2D eigenvalue weighted by atomic mass is 10.2. The number of thioether (sulfide) groups is 1. The molecular weight excluding hydrogens is 373 g/mol. The van der Waals surface area contributed by atoms with Crippen molar-refractivity contribution in [2.75, 3.05) is 24.8 Å². The Bertz CT molecular complexity index is 810. The third-order valence-corrected chi connectivity index (χ3v) is 4.33. The smallest absolute Gasteiger partial charge is 0.337 e. The van der Waals surface area contributed by atoms with Gasteiger partial charge >= 0.3 is 11.9 Å². The molecule has 0 unspecified atom stereocenters. The summed E-state index contributed by atoms with van der Waals surface area (Å²) in [5.74, 6) is -1.41. The van der Waals surface area contributed by atoms with Gasteiger partial charge in [-0.3, -0.25) is 9.59 Å². The number of hydrogen-bond donors (Lipinski definition) is 1. The van der Waals surface area contributed by atoms with E-state index >= 15 is 0 Å². The third kappa shape index (κ3) is 7.10. The zero-order valence-corrected chi connectivity index (χ0v) is 15.4. The molecule has 2 rings (SSSR count). The molecule has 0 bridgehead atoms. The molecule has 2 aromatic carbocycles. The van der Waals surface area contributed by atoms with Crippen LogP contribution in [0, 0.1) is 5.82 Å². The van der Waals surface area contributed by atoms with Crippen molar-refractivity contribution in [2.24, 2.45) is 0 Å². The van der Waals surface area contributed by atoms with Crippen molar-refractivity contribution in [1.29, 1.82) is 0 Å². The summed E-state index contributed by atoms with van der Waals surface area (Å²) in [6.45, 7) is -0.428. The maximum atomic E-state index is 12.8. The fraction of sp³-hybridized carbons (Fsp3) is 0.211. The number of halogens is 1. The van der Waals surface area contributed by atoms with Crippen molar-refractivity contribution in [3.05, 3.63) is 59.9 Å². The monoisotopic (exact) mass is 391 g/mol. The lowest BCUT2D eigenvalue weighted by Crippen LogP contribution is -2.21. The van der Waals surface area contributed by atoms with Gasteiger partial charge in [-0.1, -0.05) is 6.07 Å². The van der Waals surface area contributed by atoms with Crippen LogP contribution in [-0.2, 0) is 19.1 Å². The number of carbonyl (C=O) groups is 3. The molecule has 0 aliphatic rings. The summed E-state index contributed by atoms with van der Waals surface area (Å²) >= 11 is 1.39. The molecule has 0 saturated carbocycles. The van der Waals surface area contributed by atoms with E-state index in [2.05, 4.69) is 10.1 Å². The molecular formula is C19H18FNO5S. The maximum Gasteiger partial charge on any atom is 0.337 e. The number of ether oxygens (including phenoxy) is 2. The first-order valence-electron chi connectivity index (χ1n) is 8.00. The molecule has 2 aromatic rings. The van der Waals surface area contributed by atoms with Gasteiger partial charge in [-0.15, -0.1) is 11.8 Å². The van der Waals surface area contributed by atoms with Crippen LogP contribution < -0.4 is 5.32 Å². The van der Waals surface area contributed by atoms with E-state index in [9.17, 15) is 18.8 Å². The van der Waals surface area contributed by atoms with Gasteiger partial charge in [0.15, 0.2) is 6.61 Å². The highest BCUT2D eigenvalue weighted by atomic mass is 32.2. The van der Waals surface area contributed by atoms with Gasteiger partial charge in [-0.25, -0.2) is 9.18 Å². The van der Waals surface area contributed by atoms with Gasteiger partial charge in [0.25, 0.3) is 5.91 Å². The molecule has 0 saturated heterocycles. The lowest BCUT2D eigenvalue weighted by Gasteiger charge is -2.08. The van der Waals surface area contributed by atoms with Crippen molar-refractivity contribution >= 4 is 35.3 Å².